The molecular weight excluding hydrogens is 681 g/mol. The van der Waals surface area contributed by atoms with E-state index >= 15 is 0 Å². The van der Waals surface area contributed by atoms with Gasteiger partial charge in [0.05, 0.1) is 9.80 Å². The zero-order valence-corrected chi connectivity index (χ0v) is 33.4. The van der Waals surface area contributed by atoms with Gasteiger partial charge in [0.15, 0.2) is 0 Å². The molecule has 1 aliphatic carbocycles. The molecule has 54 heavy (non-hydrogen) atoms. The molecular formula is C49H56N2O2S. The van der Waals surface area contributed by atoms with Crippen LogP contribution in [0.15, 0.2) is 142 Å². The number of rotatable bonds is 15. The van der Waals surface area contributed by atoms with Crippen molar-refractivity contribution in [1.82, 2.24) is 0 Å². The zero-order chi connectivity index (χ0) is 37.7. The molecule has 0 amide bonds. The van der Waals surface area contributed by atoms with E-state index in [-0.39, 0.29) is 11.3 Å². The molecule has 5 heteroatoms. The van der Waals surface area contributed by atoms with Crippen LogP contribution in [0.1, 0.15) is 90.2 Å². The molecule has 5 aromatic rings. The van der Waals surface area contributed by atoms with E-state index in [0.29, 0.717) is 16.2 Å². The lowest BCUT2D eigenvalue weighted by atomic mass is 9.77. The normalized spacial score (nSPS) is 17.1. The Hall–Kier alpha value is -4.61. The van der Waals surface area contributed by atoms with E-state index < -0.39 is 9.84 Å². The van der Waals surface area contributed by atoms with E-state index in [9.17, 15) is 8.42 Å². The number of hydrogen-bond acceptors (Lipinski definition) is 4. The highest BCUT2D eigenvalue weighted by Gasteiger charge is 2.35. The van der Waals surface area contributed by atoms with Crippen LogP contribution in [0.25, 0.3) is 21.5 Å². The molecule has 0 saturated heterocycles. The fourth-order valence-corrected chi connectivity index (χ4v) is 10.7. The van der Waals surface area contributed by atoms with E-state index in [1.165, 1.54) is 49.7 Å². The predicted octanol–water partition coefficient (Wildman–Crippen LogP) is 12.7. The maximum absolute atomic E-state index is 14.5. The van der Waals surface area contributed by atoms with Crippen LogP contribution in [0.3, 0.4) is 0 Å². The first-order valence-corrected chi connectivity index (χ1v) is 21.6. The van der Waals surface area contributed by atoms with Gasteiger partial charge in [-0.05, 0) is 112 Å². The van der Waals surface area contributed by atoms with Crippen LogP contribution in [0.2, 0.25) is 0 Å². The van der Waals surface area contributed by atoms with Gasteiger partial charge in [0.2, 0.25) is 9.84 Å². The Morgan fingerprint density at radius 2 is 1.50 bits per heavy atom. The largest absolute Gasteiger partial charge is 0.385 e. The lowest BCUT2D eigenvalue weighted by Gasteiger charge is -2.29. The Kier molecular flexibility index (Phi) is 11.5. The minimum atomic E-state index is -3.68. The highest BCUT2D eigenvalue weighted by atomic mass is 32.2. The molecule has 0 aromatic heterocycles. The molecule has 0 fully saturated rings. The van der Waals surface area contributed by atoms with E-state index in [1.807, 2.05) is 18.2 Å². The van der Waals surface area contributed by atoms with Crippen molar-refractivity contribution in [3.05, 3.63) is 149 Å². The highest BCUT2D eigenvalue weighted by molar-refractivity contribution is 7.95. The van der Waals surface area contributed by atoms with Crippen molar-refractivity contribution in [1.29, 1.82) is 0 Å². The van der Waals surface area contributed by atoms with Crippen LogP contribution in [0.5, 0.6) is 0 Å². The highest BCUT2D eigenvalue weighted by Crippen LogP contribution is 2.45. The average Bonchev–Trinajstić information content (AvgIpc) is 3.77. The van der Waals surface area contributed by atoms with Crippen molar-refractivity contribution in [2.45, 2.75) is 95.8 Å². The molecule has 1 atom stereocenters. The van der Waals surface area contributed by atoms with E-state index in [2.05, 4.69) is 129 Å². The fourth-order valence-electron chi connectivity index (χ4n) is 8.74. The summed E-state index contributed by atoms with van der Waals surface area (Å²) in [6.45, 7) is 11.0. The molecule has 0 spiro atoms. The average molecular weight is 737 g/mol. The van der Waals surface area contributed by atoms with Crippen LogP contribution >= 0.6 is 0 Å². The molecule has 0 bridgehead atoms. The lowest BCUT2D eigenvalue weighted by Crippen LogP contribution is -2.20. The molecule has 5 aromatic carbocycles. The lowest BCUT2D eigenvalue weighted by molar-refractivity contribution is 0.540. The van der Waals surface area contributed by atoms with Crippen molar-refractivity contribution in [2.75, 3.05) is 23.3 Å². The molecule has 0 saturated carbocycles. The predicted molar refractivity (Wildman–Crippen MR) is 230 cm³/mol. The number of nitrogens with one attached hydrogen (secondary N) is 1. The van der Waals surface area contributed by atoms with E-state index in [0.717, 1.165) is 70.0 Å². The Labute approximate surface area is 323 Å². The smallest absolute Gasteiger partial charge is 0.203 e. The second-order valence-electron chi connectivity index (χ2n) is 15.8. The molecule has 1 aliphatic heterocycles. The summed E-state index contributed by atoms with van der Waals surface area (Å²) >= 11 is 0. The summed E-state index contributed by atoms with van der Waals surface area (Å²) < 4.78 is 29.1. The first kappa shape index (κ1) is 37.7. The van der Waals surface area contributed by atoms with Crippen LogP contribution in [-0.2, 0) is 21.7 Å². The van der Waals surface area contributed by atoms with Gasteiger partial charge in [-0.25, -0.2) is 8.42 Å². The third-order valence-corrected chi connectivity index (χ3v) is 13.6. The fraction of sp³-hybridized carbons (Fsp3) is 0.347. The van der Waals surface area contributed by atoms with E-state index in [4.69, 9.17) is 0 Å². The van der Waals surface area contributed by atoms with Crippen LogP contribution in [0.4, 0.5) is 11.4 Å². The molecule has 2 aliphatic rings. The zero-order valence-electron chi connectivity index (χ0n) is 32.6. The first-order valence-electron chi connectivity index (χ1n) is 20.2. The summed E-state index contributed by atoms with van der Waals surface area (Å²) in [5.74, 6) is -0.0729. The maximum atomic E-state index is 14.5. The Morgan fingerprint density at radius 1 is 0.815 bits per heavy atom. The van der Waals surface area contributed by atoms with Crippen molar-refractivity contribution < 1.29 is 8.42 Å². The summed E-state index contributed by atoms with van der Waals surface area (Å²) in [6.07, 6.45) is 15.2. The second-order valence-corrected chi connectivity index (χ2v) is 17.7. The second kappa shape index (κ2) is 16.4. The molecule has 280 valence electrons. The Bertz CT molecular complexity index is 2320. The van der Waals surface area contributed by atoms with Crippen molar-refractivity contribution in [3.63, 3.8) is 0 Å². The maximum Gasteiger partial charge on any atom is 0.203 e. The molecule has 1 heterocycles. The standard InChI is InChI=1S/C49H56N2O2S/c1-5-7-33-50-45-30-27-37-18-13-15-23-43(37)47(45)49(3,4)32-16-19-38-24-25-39(48(38)54(52,53)41-20-10-9-11-21-41)26-29-40-35-44-42-22-14-12-17-36(42)28-31-46(44)51(40)34-8-6-2/h9-23,27-31,39,50H,5-8,24-26,32-35H2,1-4H3/b19-16+,40-29+. The molecule has 7 rings (SSSR count). The van der Waals surface area contributed by atoms with Crippen LogP contribution in [-0.4, -0.2) is 21.5 Å². The van der Waals surface area contributed by atoms with E-state index in [1.54, 1.807) is 12.1 Å². The third-order valence-electron chi connectivity index (χ3n) is 11.6. The van der Waals surface area contributed by atoms with Gasteiger partial charge in [-0.15, -0.1) is 0 Å². The number of allylic oxidation sites excluding steroid dienone is 6. The molecule has 4 nitrogen and oxygen atoms in total. The molecule has 0 radical (unpaired) electrons. The molecule has 1 N–H and O–H groups in total. The van der Waals surface area contributed by atoms with Crippen molar-refractivity contribution in [2.24, 2.45) is 5.92 Å². The number of hydrogen-bond donors (Lipinski definition) is 1. The minimum Gasteiger partial charge on any atom is -0.385 e. The summed E-state index contributed by atoms with van der Waals surface area (Å²) in [5.41, 5.74) is 7.27. The van der Waals surface area contributed by atoms with Gasteiger partial charge in [0, 0.05) is 36.6 Å². The Morgan fingerprint density at radius 3 is 2.26 bits per heavy atom. The van der Waals surface area contributed by atoms with Crippen LogP contribution in [0, 0.1) is 5.92 Å². The monoisotopic (exact) mass is 736 g/mol. The number of fused-ring (bicyclic) bond motifs is 4. The summed E-state index contributed by atoms with van der Waals surface area (Å²) in [4.78, 5) is 3.48. The number of nitrogens with zero attached hydrogens (tertiary/aromatic N) is 1. The van der Waals surface area contributed by atoms with Crippen molar-refractivity contribution in [3.8, 4) is 0 Å². The summed E-state index contributed by atoms with van der Waals surface area (Å²) in [5, 5.41) is 8.84. The van der Waals surface area contributed by atoms with Gasteiger partial charge in [0.25, 0.3) is 0 Å². The van der Waals surface area contributed by atoms with Gasteiger partial charge >= 0.3 is 0 Å². The van der Waals surface area contributed by atoms with Crippen LogP contribution < -0.4 is 10.2 Å². The van der Waals surface area contributed by atoms with Gasteiger partial charge in [-0.3, -0.25) is 0 Å². The summed E-state index contributed by atoms with van der Waals surface area (Å²) in [6, 6.07) is 35.3. The van der Waals surface area contributed by atoms with Crippen molar-refractivity contribution >= 4 is 42.8 Å². The van der Waals surface area contributed by atoms with Gasteiger partial charge in [-0.1, -0.05) is 138 Å². The quantitative estimate of drug-likeness (QED) is 0.109. The number of sulfone groups is 1. The van der Waals surface area contributed by atoms with Gasteiger partial charge in [0.1, 0.15) is 0 Å². The number of unbranched alkanes of at least 4 members (excludes halogenated alkanes) is 2. The third kappa shape index (κ3) is 7.66. The SMILES string of the molecule is CCCCNc1ccc2ccccc2c1C(C)(C)C/C=C/C1=C(S(=O)(=O)c2ccccc2)C(C/C=C2\Cc3c(ccc4ccccc34)N2CCCC)CC1. The number of anilines is 2. The minimum absolute atomic E-state index is 0.0729. The summed E-state index contributed by atoms with van der Waals surface area (Å²) in [7, 11) is -3.68. The van der Waals surface area contributed by atoms with Gasteiger partial charge in [-0.2, -0.15) is 0 Å². The Balaban J connectivity index is 1.21. The van der Waals surface area contributed by atoms with Gasteiger partial charge < -0.3 is 10.2 Å². The number of benzene rings is 5. The topological polar surface area (TPSA) is 49.4 Å². The molecule has 1 unspecified atom stereocenters. The first-order chi connectivity index (χ1) is 26.2.